The SMILES string of the molecule is CC(N)C1CCCN(C(=O)Cc2ccc(Br)cc2)C1. The molecular weight excluding hydrogens is 304 g/mol. The normalized spacial score (nSPS) is 21.2. The fourth-order valence-electron chi connectivity index (χ4n) is 2.55. The van der Waals surface area contributed by atoms with Crippen LogP contribution in [0.3, 0.4) is 0 Å². The second kappa shape index (κ2) is 6.53. The first kappa shape index (κ1) is 14.5. The van der Waals surface area contributed by atoms with Crippen molar-refractivity contribution in [2.24, 2.45) is 11.7 Å². The van der Waals surface area contributed by atoms with Crippen LogP contribution in [0.1, 0.15) is 25.3 Å². The number of carbonyl (C=O) groups excluding carboxylic acids is 1. The second-order valence-corrected chi connectivity index (χ2v) is 6.32. The Hall–Kier alpha value is -0.870. The highest BCUT2D eigenvalue weighted by molar-refractivity contribution is 9.10. The van der Waals surface area contributed by atoms with Gasteiger partial charge in [-0.3, -0.25) is 4.79 Å². The van der Waals surface area contributed by atoms with Crippen molar-refractivity contribution in [2.45, 2.75) is 32.2 Å². The van der Waals surface area contributed by atoms with E-state index in [-0.39, 0.29) is 11.9 Å². The van der Waals surface area contributed by atoms with Crippen molar-refractivity contribution in [1.82, 2.24) is 4.90 Å². The van der Waals surface area contributed by atoms with Crippen molar-refractivity contribution in [3.05, 3.63) is 34.3 Å². The van der Waals surface area contributed by atoms with E-state index in [1.807, 2.05) is 36.1 Å². The zero-order chi connectivity index (χ0) is 13.8. The number of amides is 1. The molecular formula is C15H21BrN2O. The van der Waals surface area contributed by atoms with Crippen LogP contribution in [0.2, 0.25) is 0 Å². The minimum atomic E-state index is 0.170. The van der Waals surface area contributed by atoms with Crippen LogP contribution in [0, 0.1) is 5.92 Å². The lowest BCUT2D eigenvalue weighted by molar-refractivity contribution is -0.132. The summed E-state index contributed by atoms with van der Waals surface area (Å²) in [5.74, 6) is 0.662. The van der Waals surface area contributed by atoms with Gasteiger partial charge in [0.1, 0.15) is 0 Å². The van der Waals surface area contributed by atoms with E-state index >= 15 is 0 Å². The molecule has 104 valence electrons. The average Bonchev–Trinajstić information content (AvgIpc) is 2.41. The first-order valence-electron chi connectivity index (χ1n) is 6.84. The van der Waals surface area contributed by atoms with E-state index in [0.29, 0.717) is 12.3 Å². The Balaban J connectivity index is 1.94. The third kappa shape index (κ3) is 4.05. The van der Waals surface area contributed by atoms with Crippen LogP contribution in [0.5, 0.6) is 0 Å². The van der Waals surface area contributed by atoms with Crippen molar-refractivity contribution in [3.8, 4) is 0 Å². The molecule has 0 aliphatic carbocycles. The van der Waals surface area contributed by atoms with Crippen LogP contribution in [-0.4, -0.2) is 29.9 Å². The van der Waals surface area contributed by atoms with E-state index in [0.717, 1.165) is 36.0 Å². The predicted molar refractivity (Wildman–Crippen MR) is 80.8 cm³/mol. The molecule has 2 atom stereocenters. The third-order valence-corrected chi connectivity index (χ3v) is 4.35. The monoisotopic (exact) mass is 324 g/mol. The van der Waals surface area contributed by atoms with Gasteiger partial charge in [-0.25, -0.2) is 0 Å². The van der Waals surface area contributed by atoms with E-state index in [1.54, 1.807) is 0 Å². The molecule has 0 aromatic heterocycles. The van der Waals surface area contributed by atoms with Crippen molar-refractivity contribution in [1.29, 1.82) is 0 Å². The molecule has 2 N–H and O–H groups in total. The van der Waals surface area contributed by atoms with Crippen molar-refractivity contribution in [3.63, 3.8) is 0 Å². The Morgan fingerprint density at radius 1 is 1.47 bits per heavy atom. The van der Waals surface area contributed by atoms with E-state index in [9.17, 15) is 4.79 Å². The smallest absolute Gasteiger partial charge is 0.226 e. The fourth-order valence-corrected chi connectivity index (χ4v) is 2.82. The summed E-state index contributed by atoms with van der Waals surface area (Å²) in [6.07, 6.45) is 2.69. The lowest BCUT2D eigenvalue weighted by Crippen LogP contribution is -2.45. The van der Waals surface area contributed by atoms with Gasteiger partial charge in [0.15, 0.2) is 0 Å². The lowest BCUT2D eigenvalue weighted by Gasteiger charge is -2.34. The summed E-state index contributed by atoms with van der Waals surface area (Å²) >= 11 is 3.40. The number of halogens is 1. The van der Waals surface area contributed by atoms with Crippen molar-refractivity contribution in [2.75, 3.05) is 13.1 Å². The van der Waals surface area contributed by atoms with E-state index in [1.165, 1.54) is 0 Å². The maximum absolute atomic E-state index is 12.3. The maximum Gasteiger partial charge on any atom is 0.226 e. The highest BCUT2D eigenvalue weighted by Crippen LogP contribution is 2.20. The van der Waals surface area contributed by atoms with Gasteiger partial charge in [0.05, 0.1) is 6.42 Å². The Morgan fingerprint density at radius 2 is 2.16 bits per heavy atom. The van der Waals surface area contributed by atoms with E-state index in [2.05, 4.69) is 15.9 Å². The largest absolute Gasteiger partial charge is 0.342 e. The van der Waals surface area contributed by atoms with Gasteiger partial charge in [0, 0.05) is 23.6 Å². The predicted octanol–water partition coefficient (Wildman–Crippen LogP) is 2.58. The Morgan fingerprint density at radius 3 is 2.79 bits per heavy atom. The molecule has 1 aromatic carbocycles. The fraction of sp³-hybridized carbons (Fsp3) is 0.533. The third-order valence-electron chi connectivity index (χ3n) is 3.82. The van der Waals surface area contributed by atoms with Crippen LogP contribution >= 0.6 is 15.9 Å². The maximum atomic E-state index is 12.3. The van der Waals surface area contributed by atoms with Crippen LogP contribution in [0.25, 0.3) is 0 Å². The summed E-state index contributed by atoms with van der Waals surface area (Å²) in [4.78, 5) is 14.3. The molecule has 1 aliphatic heterocycles. The van der Waals surface area contributed by atoms with E-state index in [4.69, 9.17) is 5.73 Å². The number of nitrogens with zero attached hydrogens (tertiary/aromatic N) is 1. The van der Waals surface area contributed by atoms with Crippen LogP contribution in [-0.2, 0) is 11.2 Å². The van der Waals surface area contributed by atoms with Gasteiger partial charge in [0.2, 0.25) is 5.91 Å². The molecule has 2 rings (SSSR count). The quantitative estimate of drug-likeness (QED) is 0.928. The minimum absolute atomic E-state index is 0.170. The molecule has 1 heterocycles. The molecule has 1 amide bonds. The number of benzene rings is 1. The summed E-state index contributed by atoms with van der Waals surface area (Å²) < 4.78 is 1.04. The molecule has 1 saturated heterocycles. The second-order valence-electron chi connectivity index (χ2n) is 5.40. The molecule has 4 heteroatoms. The molecule has 0 saturated carbocycles. The average molecular weight is 325 g/mol. The number of rotatable bonds is 3. The number of likely N-dealkylation sites (tertiary alicyclic amines) is 1. The van der Waals surface area contributed by atoms with Crippen molar-refractivity contribution < 1.29 is 4.79 Å². The number of carbonyl (C=O) groups is 1. The standard InChI is InChI=1S/C15H21BrN2O/c1-11(17)13-3-2-8-18(10-13)15(19)9-12-4-6-14(16)7-5-12/h4-7,11,13H,2-3,8-10,17H2,1H3. The Kier molecular flexibility index (Phi) is 4.99. The molecule has 19 heavy (non-hydrogen) atoms. The summed E-state index contributed by atoms with van der Waals surface area (Å²) in [5.41, 5.74) is 7.02. The molecule has 0 radical (unpaired) electrons. The Bertz CT molecular complexity index is 430. The highest BCUT2D eigenvalue weighted by atomic mass is 79.9. The lowest BCUT2D eigenvalue weighted by atomic mass is 9.92. The van der Waals surface area contributed by atoms with Gasteiger partial charge in [-0.2, -0.15) is 0 Å². The molecule has 0 spiro atoms. The molecule has 1 fully saturated rings. The Labute approximate surface area is 123 Å². The number of hydrogen-bond donors (Lipinski definition) is 1. The van der Waals surface area contributed by atoms with Crippen LogP contribution in [0.15, 0.2) is 28.7 Å². The minimum Gasteiger partial charge on any atom is -0.342 e. The summed E-state index contributed by atoms with van der Waals surface area (Å²) in [6.45, 7) is 3.72. The first-order chi connectivity index (χ1) is 9.06. The molecule has 0 bridgehead atoms. The molecule has 3 nitrogen and oxygen atoms in total. The number of hydrogen-bond acceptors (Lipinski definition) is 2. The summed E-state index contributed by atoms with van der Waals surface area (Å²) in [7, 11) is 0. The van der Waals surface area contributed by atoms with Gasteiger partial charge in [-0.15, -0.1) is 0 Å². The van der Waals surface area contributed by atoms with E-state index < -0.39 is 0 Å². The summed E-state index contributed by atoms with van der Waals surface area (Å²) in [6, 6.07) is 8.11. The molecule has 1 aliphatic rings. The molecule has 2 unspecified atom stereocenters. The topological polar surface area (TPSA) is 46.3 Å². The van der Waals surface area contributed by atoms with Gasteiger partial charge in [-0.05, 0) is 43.4 Å². The zero-order valence-electron chi connectivity index (χ0n) is 11.3. The van der Waals surface area contributed by atoms with Gasteiger partial charge in [0.25, 0.3) is 0 Å². The van der Waals surface area contributed by atoms with Crippen LogP contribution in [0.4, 0.5) is 0 Å². The van der Waals surface area contributed by atoms with Gasteiger partial charge >= 0.3 is 0 Å². The zero-order valence-corrected chi connectivity index (χ0v) is 12.9. The molecule has 1 aromatic rings. The van der Waals surface area contributed by atoms with Gasteiger partial charge in [-0.1, -0.05) is 28.1 Å². The van der Waals surface area contributed by atoms with Crippen molar-refractivity contribution >= 4 is 21.8 Å². The first-order valence-corrected chi connectivity index (χ1v) is 7.63. The summed E-state index contributed by atoms with van der Waals surface area (Å²) in [5, 5.41) is 0. The van der Waals surface area contributed by atoms with Gasteiger partial charge < -0.3 is 10.6 Å². The van der Waals surface area contributed by atoms with Crippen LogP contribution < -0.4 is 5.73 Å². The number of nitrogens with two attached hydrogens (primary N) is 1. The highest BCUT2D eigenvalue weighted by Gasteiger charge is 2.25. The number of piperidine rings is 1.